The molecule has 0 radical (unpaired) electrons. The highest BCUT2D eigenvalue weighted by molar-refractivity contribution is 6.66. The van der Waals surface area contributed by atoms with Crippen molar-refractivity contribution in [2.24, 2.45) is 5.92 Å². The van der Waals surface area contributed by atoms with Gasteiger partial charge in [0, 0.05) is 6.04 Å². The van der Waals surface area contributed by atoms with Gasteiger partial charge >= 0.3 is 17.8 Å². The van der Waals surface area contributed by atoms with E-state index in [-0.39, 0.29) is 18.5 Å². The molecule has 0 rings (SSSR count). The molecule has 0 amide bonds. The van der Waals surface area contributed by atoms with Crippen molar-refractivity contribution in [3.63, 3.8) is 0 Å². The Hall–Kier alpha value is 0.0838. The highest BCUT2D eigenvalue weighted by Gasteiger charge is 2.40. The molecule has 1 unspecified atom stereocenters. The molecule has 1 atom stereocenters. The molecule has 7 heteroatoms. The maximum Gasteiger partial charge on any atom is 0.616 e. The lowest BCUT2D eigenvalue weighted by Gasteiger charge is -2.16. The van der Waals surface area contributed by atoms with E-state index in [1.807, 2.05) is 0 Å². The zero-order chi connectivity index (χ0) is 15.6. The Labute approximate surface area is 122 Å². The molecule has 0 bridgehead atoms. The average Bonchev–Trinajstić information content (AvgIpc) is 2.29. The normalized spacial score (nSPS) is 14.6. The van der Waals surface area contributed by atoms with Gasteiger partial charge in [0.2, 0.25) is 0 Å². The van der Waals surface area contributed by atoms with E-state index in [1.165, 1.54) is 6.92 Å². The Bertz CT molecular complexity index is 243. The van der Waals surface area contributed by atoms with Gasteiger partial charge in [0.1, 0.15) is 0 Å². The van der Waals surface area contributed by atoms with Crippen LogP contribution in [-0.2, 0) is 0 Å². The predicted molar refractivity (Wildman–Crippen MR) is 78.6 cm³/mol. The van der Waals surface area contributed by atoms with Crippen LogP contribution in [0, 0.1) is 5.92 Å². The van der Waals surface area contributed by atoms with Gasteiger partial charge in [-0.25, -0.2) is 12.3 Å². The van der Waals surface area contributed by atoms with Crippen LogP contribution in [0.25, 0.3) is 0 Å². The van der Waals surface area contributed by atoms with E-state index < -0.39 is 29.8 Å². The van der Waals surface area contributed by atoms with Gasteiger partial charge in [-0.1, -0.05) is 52.4 Å². The largest absolute Gasteiger partial charge is 0.616 e. The summed E-state index contributed by atoms with van der Waals surface area (Å²) in [6.07, 6.45) is 5.75. The Kier molecular flexibility index (Phi) is 9.96. The maximum atomic E-state index is 13.7. The lowest BCUT2D eigenvalue weighted by atomic mass is 10.1. The van der Waals surface area contributed by atoms with Crippen LogP contribution in [0.5, 0.6) is 0 Å². The zero-order valence-corrected chi connectivity index (χ0v) is 14.5. The van der Waals surface area contributed by atoms with Crippen LogP contribution in [0.1, 0.15) is 58.8 Å². The lowest BCUT2D eigenvalue weighted by molar-refractivity contribution is 0.429. The summed E-state index contributed by atoms with van der Waals surface area (Å²) >= 11 is 0. The van der Waals surface area contributed by atoms with E-state index in [2.05, 4.69) is 6.92 Å². The summed E-state index contributed by atoms with van der Waals surface area (Å²) < 4.78 is 64.0. The summed E-state index contributed by atoms with van der Waals surface area (Å²) in [7, 11) is -9.85. The lowest BCUT2D eigenvalue weighted by Crippen LogP contribution is -2.24. The molecule has 0 heterocycles. The maximum absolute atomic E-state index is 13.7. The number of hydrogen-bond donors (Lipinski definition) is 0. The fourth-order valence-corrected chi connectivity index (χ4v) is 5.17. The highest BCUT2D eigenvalue weighted by Crippen LogP contribution is 2.30. The third kappa shape index (κ3) is 13.1. The van der Waals surface area contributed by atoms with Crippen molar-refractivity contribution in [1.29, 1.82) is 0 Å². The number of hydrogen-bond acceptors (Lipinski definition) is 0. The third-order valence-electron chi connectivity index (χ3n) is 3.48. The van der Waals surface area contributed by atoms with Crippen LogP contribution in [-0.4, -0.2) is 17.8 Å². The van der Waals surface area contributed by atoms with Gasteiger partial charge in [-0.2, -0.15) is 0 Å². The monoisotopic (exact) mass is 334 g/mol. The molecular formula is C13H27F5Si2. The minimum Gasteiger partial charge on any atom is -0.270 e. The summed E-state index contributed by atoms with van der Waals surface area (Å²) in [4.78, 5) is 0. The van der Waals surface area contributed by atoms with E-state index in [0.29, 0.717) is 6.42 Å². The second-order valence-corrected chi connectivity index (χ2v) is 10.2. The Morgan fingerprint density at radius 3 is 1.90 bits per heavy atom. The van der Waals surface area contributed by atoms with Crippen molar-refractivity contribution in [3.8, 4) is 0 Å². The van der Waals surface area contributed by atoms with Crippen LogP contribution in [0.4, 0.5) is 20.5 Å². The summed E-state index contributed by atoms with van der Waals surface area (Å²) in [5.74, 6) is -0.635. The topological polar surface area (TPSA) is 0 Å². The summed E-state index contributed by atoms with van der Waals surface area (Å²) in [5, 5.41) is 0. The molecule has 0 saturated carbocycles. The van der Waals surface area contributed by atoms with Gasteiger partial charge in [-0.3, -0.25) is 8.22 Å². The second kappa shape index (κ2) is 9.92. The van der Waals surface area contributed by atoms with E-state index >= 15 is 0 Å². The Morgan fingerprint density at radius 2 is 1.35 bits per heavy atom. The molecule has 0 aromatic carbocycles. The molecule has 0 aromatic rings. The first kappa shape index (κ1) is 20.1. The first-order chi connectivity index (χ1) is 9.16. The molecule has 0 nitrogen and oxygen atoms in total. The van der Waals surface area contributed by atoms with Crippen molar-refractivity contribution in [2.45, 2.75) is 76.9 Å². The predicted octanol–water partition coefficient (Wildman–Crippen LogP) is 6.60. The molecule has 20 heavy (non-hydrogen) atoms. The van der Waals surface area contributed by atoms with Gasteiger partial charge in [0.25, 0.3) is 0 Å². The Balaban J connectivity index is 3.73. The van der Waals surface area contributed by atoms with E-state index in [0.717, 1.165) is 32.1 Å². The quantitative estimate of drug-likeness (QED) is 0.163. The molecule has 0 N–H and O–H groups in total. The van der Waals surface area contributed by atoms with E-state index in [1.54, 1.807) is 0 Å². The molecule has 0 spiro atoms. The fourth-order valence-electron chi connectivity index (χ4n) is 2.24. The molecule has 0 saturated heterocycles. The van der Waals surface area contributed by atoms with E-state index in [9.17, 15) is 20.5 Å². The molecule has 0 aromatic heterocycles. The molecular weight excluding hydrogens is 307 g/mol. The zero-order valence-electron chi connectivity index (χ0n) is 12.5. The summed E-state index contributed by atoms with van der Waals surface area (Å²) in [5.41, 5.74) is 0. The smallest absolute Gasteiger partial charge is 0.270 e. The highest BCUT2D eigenvalue weighted by atomic mass is 28.5. The van der Waals surface area contributed by atoms with Gasteiger partial charge in [-0.05, 0) is 24.4 Å². The molecule has 0 aliphatic carbocycles. The van der Waals surface area contributed by atoms with Crippen molar-refractivity contribution < 1.29 is 20.5 Å². The van der Waals surface area contributed by atoms with E-state index in [4.69, 9.17) is 0 Å². The summed E-state index contributed by atoms with van der Waals surface area (Å²) in [6, 6.07) is -1.13. The third-order valence-corrected chi connectivity index (χ3v) is 6.74. The number of halogens is 5. The van der Waals surface area contributed by atoms with Crippen molar-refractivity contribution in [3.05, 3.63) is 0 Å². The van der Waals surface area contributed by atoms with Crippen LogP contribution in [0.3, 0.4) is 0 Å². The first-order valence-electron chi connectivity index (χ1n) is 7.61. The number of rotatable bonds is 12. The standard InChI is InChI=1S/C13H27F5Si2/c1-3-4-5-6-7-8-10-19(14,15)11-9-13(2)12-20(16,17)18/h13H,3-12H2,1-2H3. The van der Waals surface area contributed by atoms with Gasteiger partial charge in [0.15, 0.2) is 0 Å². The molecule has 0 aliphatic rings. The van der Waals surface area contributed by atoms with Crippen LogP contribution < -0.4 is 0 Å². The van der Waals surface area contributed by atoms with Crippen molar-refractivity contribution in [1.82, 2.24) is 0 Å². The van der Waals surface area contributed by atoms with Gasteiger partial charge < -0.3 is 0 Å². The number of unbranched alkanes of at least 4 members (excludes halogenated alkanes) is 5. The average molecular weight is 335 g/mol. The minimum atomic E-state index is -5.59. The molecule has 122 valence electrons. The summed E-state index contributed by atoms with van der Waals surface area (Å²) in [6.45, 7) is 3.54. The van der Waals surface area contributed by atoms with Crippen molar-refractivity contribution >= 4 is 17.8 Å². The Morgan fingerprint density at radius 1 is 0.800 bits per heavy atom. The molecule has 0 aliphatic heterocycles. The van der Waals surface area contributed by atoms with Gasteiger partial charge in [-0.15, -0.1) is 0 Å². The van der Waals surface area contributed by atoms with Crippen LogP contribution >= 0.6 is 0 Å². The second-order valence-electron chi connectivity index (χ2n) is 5.84. The first-order valence-corrected chi connectivity index (χ1v) is 11.6. The van der Waals surface area contributed by atoms with Crippen LogP contribution in [0.15, 0.2) is 0 Å². The van der Waals surface area contributed by atoms with Gasteiger partial charge in [0.05, 0.1) is 0 Å². The fraction of sp³-hybridized carbons (Fsp3) is 1.00. The van der Waals surface area contributed by atoms with Crippen LogP contribution in [0.2, 0.25) is 18.1 Å². The molecule has 0 fully saturated rings. The SMILES string of the molecule is CCCCCCCC[Si](F)(F)CCC(C)C[Si](F)(F)F. The minimum absolute atomic E-state index is 0.0293. The van der Waals surface area contributed by atoms with Crippen molar-refractivity contribution in [2.75, 3.05) is 0 Å².